The molecular weight excluding hydrogens is 327 g/mol. The largest absolute Gasteiger partial charge is 0.382 e. The van der Waals surface area contributed by atoms with E-state index in [1.807, 2.05) is 0 Å². The Kier molecular flexibility index (Phi) is 3.78. The third-order valence-electron chi connectivity index (χ3n) is 2.47. The molecule has 1 aromatic heterocycles. The molecule has 90 valence electrons. The van der Waals surface area contributed by atoms with Gasteiger partial charge in [-0.3, -0.25) is 4.68 Å². The second-order valence-electron chi connectivity index (χ2n) is 3.55. The van der Waals surface area contributed by atoms with Crippen molar-refractivity contribution in [2.75, 3.05) is 0 Å². The number of aliphatic hydroxyl groups excluding tert-OH is 1. The summed E-state index contributed by atoms with van der Waals surface area (Å²) in [4.78, 5) is 0. The van der Waals surface area contributed by atoms with Gasteiger partial charge in [0.25, 0.3) is 0 Å². The number of rotatable bonds is 2. The Balaban J connectivity index is 2.51. The van der Waals surface area contributed by atoms with Crippen molar-refractivity contribution in [2.45, 2.75) is 6.10 Å². The number of aliphatic hydroxyl groups is 1. The average Bonchev–Trinajstić information content (AvgIpc) is 2.62. The van der Waals surface area contributed by atoms with E-state index in [9.17, 15) is 5.11 Å². The van der Waals surface area contributed by atoms with Gasteiger partial charge in [-0.1, -0.05) is 35.3 Å². The van der Waals surface area contributed by atoms with Crippen LogP contribution in [0.4, 0.5) is 0 Å². The Morgan fingerprint density at radius 1 is 1.41 bits per heavy atom. The zero-order chi connectivity index (χ0) is 12.6. The van der Waals surface area contributed by atoms with E-state index in [1.165, 1.54) is 0 Å². The van der Waals surface area contributed by atoms with Crippen LogP contribution in [0.15, 0.2) is 28.9 Å². The summed E-state index contributed by atoms with van der Waals surface area (Å²) in [6, 6.07) is 5.16. The first-order chi connectivity index (χ1) is 8.02. The van der Waals surface area contributed by atoms with E-state index in [-0.39, 0.29) is 0 Å². The van der Waals surface area contributed by atoms with Crippen LogP contribution in [0.3, 0.4) is 0 Å². The zero-order valence-corrected chi connectivity index (χ0v) is 12.0. The van der Waals surface area contributed by atoms with E-state index in [4.69, 9.17) is 23.2 Å². The van der Waals surface area contributed by atoms with Gasteiger partial charge in [0.05, 0.1) is 26.4 Å². The maximum atomic E-state index is 10.3. The van der Waals surface area contributed by atoms with Crippen molar-refractivity contribution >= 4 is 39.1 Å². The number of hydrogen-bond donors (Lipinski definition) is 1. The number of benzene rings is 1. The fourth-order valence-corrected chi connectivity index (χ4v) is 2.58. The lowest BCUT2D eigenvalue weighted by Crippen LogP contribution is -2.08. The molecule has 3 nitrogen and oxygen atoms in total. The second kappa shape index (κ2) is 4.98. The van der Waals surface area contributed by atoms with E-state index < -0.39 is 6.10 Å². The smallest absolute Gasteiger partial charge is 0.123 e. The molecule has 0 aliphatic heterocycles. The molecule has 1 heterocycles. The van der Waals surface area contributed by atoms with E-state index in [2.05, 4.69) is 21.0 Å². The molecule has 0 saturated carbocycles. The number of aryl methyl sites for hydroxylation is 1. The molecule has 0 amide bonds. The van der Waals surface area contributed by atoms with Crippen molar-refractivity contribution in [3.8, 4) is 0 Å². The fourth-order valence-electron chi connectivity index (χ4n) is 1.61. The molecule has 2 rings (SSSR count). The summed E-state index contributed by atoms with van der Waals surface area (Å²) in [6.45, 7) is 0. The summed E-state index contributed by atoms with van der Waals surface area (Å²) in [7, 11) is 1.75. The van der Waals surface area contributed by atoms with Gasteiger partial charge in [0.1, 0.15) is 6.10 Å². The van der Waals surface area contributed by atoms with Crippen molar-refractivity contribution in [3.63, 3.8) is 0 Å². The lowest BCUT2D eigenvalue weighted by molar-refractivity contribution is 0.209. The third-order valence-corrected chi connectivity index (χ3v) is 3.92. The minimum absolute atomic E-state index is 0.356. The maximum Gasteiger partial charge on any atom is 0.123 e. The molecule has 0 radical (unpaired) electrons. The number of halogens is 3. The second-order valence-corrected chi connectivity index (χ2v) is 5.19. The quantitative estimate of drug-likeness (QED) is 0.911. The monoisotopic (exact) mass is 334 g/mol. The highest BCUT2D eigenvalue weighted by Crippen LogP contribution is 2.35. The lowest BCUT2D eigenvalue weighted by atomic mass is 10.1. The molecule has 0 bridgehead atoms. The van der Waals surface area contributed by atoms with E-state index in [1.54, 1.807) is 36.1 Å². The van der Waals surface area contributed by atoms with Gasteiger partial charge in [-0.25, -0.2) is 0 Å². The number of aromatic nitrogens is 2. The standard InChI is InChI=1S/C11H9BrCl2N2O/c1-16-10(7(12)5-15-16)11(17)6-3-2-4-8(13)9(6)14/h2-5,11,17H,1H3. The molecule has 0 saturated heterocycles. The Bertz CT molecular complexity index is 537. The molecule has 1 N–H and O–H groups in total. The lowest BCUT2D eigenvalue weighted by Gasteiger charge is -2.14. The van der Waals surface area contributed by atoms with Crippen LogP contribution in [-0.2, 0) is 7.05 Å². The van der Waals surface area contributed by atoms with Crippen LogP contribution in [-0.4, -0.2) is 14.9 Å². The van der Waals surface area contributed by atoms with Gasteiger partial charge in [0, 0.05) is 12.6 Å². The van der Waals surface area contributed by atoms with Crippen LogP contribution in [0.5, 0.6) is 0 Å². The van der Waals surface area contributed by atoms with E-state index in [0.717, 1.165) is 4.47 Å². The molecule has 2 aromatic rings. The highest BCUT2D eigenvalue weighted by atomic mass is 79.9. The van der Waals surface area contributed by atoms with Crippen LogP contribution in [0.25, 0.3) is 0 Å². The average molecular weight is 336 g/mol. The highest BCUT2D eigenvalue weighted by Gasteiger charge is 2.21. The molecule has 17 heavy (non-hydrogen) atoms. The Morgan fingerprint density at radius 3 is 2.71 bits per heavy atom. The third kappa shape index (κ3) is 2.36. The van der Waals surface area contributed by atoms with Gasteiger partial charge >= 0.3 is 0 Å². The Hall–Kier alpha value is -0.550. The summed E-state index contributed by atoms with van der Waals surface area (Å²) in [5, 5.41) is 15.1. The van der Waals surface area contributed by atoms with Crippen molar-refractivity contribution in [3.05, 3.63) is 50.2 Å². The van der Waals surface area contributed by atoms with Gasteiger partial charge in [0.15, 0.2) is 0 Å². The first-order valence-corrected chi connectivity index (χ1v) is 6.36. The predicted octanol–water partition coefficient (Wildman–Crippen LogP) is 3.57. The van der Waals surface area contributed by atoms with Crippen molar-refractivity contribution in [1.29, 1.82) is 0 Å². The normalized spacial score (nSPS) is 12.8. The maximum absolute atomic E-state index is 10.3. The molecule has 0 spiro atoms. The summed E-state index contributed by atoms with van der Waals surface area (Å²) in [6.07, 6.45) is 0.750. The highest BCUT2D eigenvalue weighted by molar-refractivity contribution is 9.10. The minimum Gasteiger partial charge on any atom is -0.382 e. The molecule has 0 aliphatic carbocycles. The topological polar surface area (TPSA) is 38.0 Å². The zero-order valence-electron chi connectivity index (χ0n) is 8.86. The van der Waals surface area contributed by atoms with Crippen LogP contribution >= 0.6 is 39.1 Å². The molecular formula is C11H9BrCl2N2O. The van der Waals surface area contributed by atoms with Gasteiger partial charge in [0.2, 0.25) is 0 Å². The van der Waals surface area contributed by atoms with Gasteiger partial charge in [-0.05, 0) is 22.0 Å². The first kappa shape index (κ1) is 12.9. The van der Waals surface area contributed by atoms with Gasteiger partial charge < -0.3 is 5.11 Å². The first-order valence-electron chi connectivity index (χ1n) is 4.81. The Morgan fingerprint density at radius 2 is 2.12 bits per heavy atom. The van der Waals surface area contributed by atoms with Gasteiger partial charge in [-0.15, -0.1) is 0 Å². The van der Waals surface area contributed by atoms with Crippen LogP contribution in [0.2, 0.25) is 10.0 Å². The molecule has 1 aromatic carbocycles. The summed E-state index contributed by atoms with van der Waals surface area (Å²) in [5.41, 5.74) is 1.19. The summed E-state index contributed by atoms with van der Waals surface area (Å²) < 4.78 is 2.31. The predicted molar refractivity (Wildman–Crippen MR) is 71.4 cm³/mol. The molecule has 0 aliphatic rings. The molecule has 6 heteroatoms. The Labute approximate surface area is 117 Å². The van der Waals surface area contributed by atoms with Crippen LogP contribution < -0.4 is 0 Å². The molecule has 0 fully saturated rings. The van der Waals surface area contributed by atoms with Gasteiger partial charge in [-0.2, -0.15) is 5.10 Å². The van der Waals surface area contributed by atoms with Crippen LogP contribution in [0.1, 0.15) is 17.4 Å². The van der Waals surface area contributed by atoms with Crippen LogP contribution in [0, 0.1) is 0 Å². The van der Waals surface area contributed by atoms with Crippen molar-refractivity contribution < 1.29 is 5.11 Å². The minimum atomic E-state index is -0.872. The van der Waals surface area contributed by atoms with Crippen molar-refractivity contribution in [1.82, 2.24) is 9.78 Å². The van der Waals surface area contributed by atoms with E-state index >= 15 is 0 Å². The molecule has 1 unspecified atom stereocenters. The van der Waals surface area contributed by atoms with Crippen molar-refractivity contribution in [2.24, 2.45) is 7.05 Å². The van der Waals surface area contributed by atoms with E-state index in [0.29, 0.717) is 21.3 Å². The fraction of sp³-hybridized carbons (Fsp3) is 0.182. The summed E-state index contributed by atoms with van der Waals surface area (Å²) in [5.74, 6) is 0. The summed E-state index contributed by atoms with van der Waals surface area (Å²) >= 11 is 15.3. The number of hydrogen-bond acceptors (Lipinski definition) is 2. The number of nitrogens with zero attached hydrogens (tertiary/aromatic N) is 2. The SMILES string of the molecule is Cn1ncc(Br)c1C(O)c1cccc(Cl)c1Cl. The molecule has 1 atom stereocenters.